The van der Waals surface area contributed by atoms with Crippen LogP contribution in [0.5, 0.6) is 0 Å². The van der Waals surface area contributed by atoms with Crippen LogP contribution in [0.15, 0.2) is 49.1 Å². The Morgan fingerprint density at radius 2 is 1.94 bits per heavy atom. The van der Waals surface area contributed by atoms with Crippen molar-refractivity contribution in [2.24, 2.45) is 5.92 Å². The summed E-state index contributed by atoms with van der Waals surface area (Å²) in [5, 5.41) is 14.7. The summed E-state index contributed by atoms with van der Waals surface area (Å²) in [5.74, 6) is 0.497. The van der Waals surface area contributed by atoms with Crippen molar-refractivity contribution in [2.75, 3.05) is 43.5 Å². The second kappa shape index (κ2) is 8.82. The maximum Gasteiger partial charge on any atom is 0.304 e. The number of hydrogen-bond donors (Lipinski definition) is 1. The zero-order valence-corrected chi connectivity index (χ0v) is 19.0. The summed E-state index contributed by atoms with van der Waals surface area (Å²) in [6.07, 6.45) is 11.5. The van der Waals surface area contributed by atoms with E-state index in [1.54, 1.807) is 12.4 Å². The van der Waals surface area contributed by atoms with Crippen LogP contribution in [-0.2, 0) is 4.79 Å². The van der Waals surface area contributed by atoms with Crippen molar-refractivity contribution in [1.29, 1.82) is 0 Å². The normalized spacial score (nSPS) is 19.2. The number of fused-ring (bicyclic) bond motifs is 1. The largest absolute Gasteiger partial charge is 0.481 e. The number of anilines is 2. The minimum atomic E-state index is -0.795. The lowest BCUT2D eigenvalue weighted by atomic mass is 10.0. The molecule has 1 fully saturated rings. The Hall–Kier alpha value is -3.46. The van der Waals surface area contributed by atoms with Crippen LogP contribution in [0.1, 0.15) is 19.3 Å². The Labute approximate surface area is 192 Å². The standard InChI is InChI=1S/C24H29N7O2/c1-28(2)19-6-9-29(10-7-19)20-4-3-18-13-26-31(21(18)12-20)23-15-25-14-22(27-23)30-8-5-17(16-30)11-24(32)33/h3-5,8,12-15,17,19H,6-7,9-11,16H2,1-2H3,(H,32,33). The molecule has 9 nitrogen and oxygen atoms in total. The number of piperidine rings is 1. The molecule has 33 heavy (non-hydrogen) atoms. The molecule has 1 atom stereocenters. The maximum absolute atomic E-state index is 11.0. The van der Waals surface area contributed by atoms with Crippen LogP contribution in [0.2, 0.25) is 0 Å². The summed E-state index contributed by atoms with van der Waals surface area (Å²) in [4.78, 5) is 26.9. The highest BCUT2D eigenvalue weighted by Crippen LogP contribution is 2.28. The van der Waals surface area contributed by atoms with Gasteiger partial charge < -0.3 is 19.8 Å². The minimum Gasteiger partial charge on any atom is -0.481 e. The monoisotopic (exact) mass is 447 g/mol. The van der Waals surface area contributed by atoms with E-state index in [1.165, 1.54) is 5.69 Å². The molecule has 0 spiro atoms. The van der Waals surface area contributed by atoms with E-state index in [9.17, 15) is 4.79 Å². The highest BCUT2D eigenvalue weighted by Gasteiger charge is 2.23. The molecule has 1 saturated heterocycles. The highest BCUT2D eigenvalue weighted by atomic mass is 16.4. The van der Waals surface area contributed by atoms with Crippen molar-refractivity contribution < 1.29 is 9.90 Å². The molecule has 2 aromatic heterocycles. The van der Waals surface area contributed by atoms with E-state index in [4.69, 9.17) is 10.1 Å². The Kier molecular flexibility index (Phi) is 5.72. The predicted molar refractivity (Wildman–Crippen MR) is 128 cm³/mol. The molecule has 172 valence electrons. The first-order chi connectivity index (χ1) is 16.0. The molecule has 5 rings (SSSR count). The van der Waals surface area contributed by atoms with Gasteiger partial charge in [-0.1, -0.05) is 6.08 Å². The Balaban J connectivity index is 1.38. The summed E-state index contributed by atoms with van der Waals surface area (Å²) in [7, 11) is 4.31. The lowest BCUT2D eigenvalue weighted by Crippen LogP contribution is -2.41. The van der Waals surface area contributed by atoms with Gasteiger partial charge in [-0.3, -0.25) is 9.78 Å². The molecule has 1 unspecified atom stereocenters. The number of hydrogen-bond acceptors (Lipinski definition) is 7. The van der Waals surface area contributed by atoms with E-state index in [0.29, 0.717) is 24.2 Å². The maximum atomic E-state index is 11.0. The van der Waals surface area contributed by atoms with Gasteiger partial charge in [-0.25, -0.2) is 9.67 Å². The predicted octanol–water partition coefficient (Wildman–Crippen LogP) is 2.77. The molecule has 1 N–H and O–H groups in total. The second-order valence-electron chi connectivity index (χ2n) is 9.07. The highest BCUT2D eigenvalue weighted by molar-refractivity contribution is 5.83. The third-order valence-corrected chi connectivity index (χ3v) is 6.64. The molecule has 0 aliphatic carbocycles. The second-order valence-corrected chi connectivity index (χ2v) is 9.07. The molecule has 3 aromatic rings. The smallest absolute Gasteiger partial charge is 0.304 e. The lowest BCUT2D eigenvalue weighted by Gasteiger charge is -2.36. The van der Waals surface area contributed by atoms with Gasteiger partial charge in [0.15, 0.2) is 11.6 Å². The van der Waals surface area contributed by atoms with Gasteiger partial charge in [-0.05, 0) is 45.1 Å². The molecule has 0 amide bonds. The zero-order valence-electron chi connectivity index (χ0n) is 19.0. The van der Waals surface area contributed by atoms with Crippen LogP contribution in [0.4, 0.5) is 11.5 Å². The zero-order chi connectivity index (χ0) is 22.9. The van der Waals surface area contributed by atoms with E-state index in [0.717, 1.165) is 36.8 Å². The van der Waals surface area contributed by atoms with Crippen LogP contribution in [0.25, 0.3) is 16.7 Å². The van der Waals surface area contributed by atoms with Crippen LogP contribution in [0.3, 0.4) is 0 Å². The molecular weight excluding hydrogens is 418 g/mol. The Morgan fingerprint density at radius 1 is 1.15 bits per heavy atom. The molecule has 4 heterocycles. The Morgan fingerprint density at radius 3 is 2.70 bits per heavy atom. The number of carbonyl (C=O) groups is 1. The lowest BCUT2D eigenvalue weighted by molar-refractivity contribution is -0.137. The van der Waals surface area contributed by atoms with Crippen molar-refractivity contribution in [1.82, 2.24) is 24.6 Å². The number of benzene rings is 1. The fraction of sp³-hybridized carbons (Fsp3) is 0.417. The number of aliphatic carboxylic acids is 1. The number of carboxylic acids is 1. The summed E-state index contributed by atoms with van der Waals surface area (Å²) >= 11 is 0. The van der Waals surface area contributed by atoms with E-state index in [-0.39, 0.29) is 12.3 Å². The first-order valence-corrected chi connectivity index (χ1v) is 11.4. The third-order valence-electron chi connectivity index (χ3n) is 6.64. The summed E-state index contributed by atoms with van der Waals surface area (Å²) in [5.41, 5.74) is 2.19. The number of rotatable bonds is 6. The molecular formula is C24H29N7O2. The number of carboxylic acid groups (broad SMARTS) is 1. The molecule has 9 heteroatoms. The number of nitrogens with zero attached hydrogens (tertiary/aromatic N) is 7. The first-order valence-electron chi connectivity index (χ1n) is 11.4. The minimum absolute atomic E-state index is 0.0299. The van der Waals surface area contributed by atoms with Crippen LogP contribution >= 0.6 is 0 Å². The summed E-state index contributed by atoms with van der Waals surface area (Å²) < 4.78 is 1.83. The number of aromatic nitrogens is 4. The third kappa shape index (κ3) is 4.41. The van der Waals surface area contributed by atoms with Gasteiger partial charge in [0.2, 0.25) is 0 Å². The van der Waals surface area contributed by atoms with Crippen molar-refractivity contribution in [3.63, 3.8) is 0 Å². The summed E-state index contributed by atoms with van der Waals surface area (Å²) in [6.45, 7) is 2.66. The van der Waals surface area contributed by atoms with Gasteiger partial charge in [0.05, 0.1) is 30.5 Å². The van der Waals surface area contributed by atoms with Crippen LogP contribution in [-0.4, -0.2) is 75.5 Å². The van der Waals surface area contributed by atoms with Gasteiger partial charge in [0.25, 0.3) is 0 Å². The average molecular weight is 448 g/mol. The Bertz CT molecular complexity index is 1180. The van der Waals surface area contributed by atoms with E-state index in [1.807, 2.05) is 28.1 Å². The molecule has 0 radical (unpaired) electrons. The van der Waals surface area contributed by atoms with E-state index in [2.05, 4.69) is 52.2 Å². The van der Waals surface area contributed by atoms with Crippen LogP contribution in [0, 0.1) is 5.92 Å². The van der Waals surface area contributed by atoms with Gasteiger partial charge in [0, 0.05) is 48.9 Å². The molecule has 2 aliphatic heterocycles. The fourth-order valence-corrected chi connectivity index (χ4v) is 4.74. The summed E-state index contributed by atoms with van der Waals surface area (Å²) in [6, 6.07) is 7.11. The van der Waals surface area contributed by atoms with Crippen molar-refractivity contribution in [3.8, 4) is 5.82 Å². The van der Waals surface area contributed by atoms with Gasteiger partial charge >= 0.3 is 5.97 Å². The topological polar surface area (TPSA) is 90.6 Å². The van der Waals surface area contributed by atoms with Crippen molar-refractivity contribution >= 4 is 28.4 Å². The van der Waals surface area contributed by atoms with E-state index >= 15 is 0 Å². The van der Waals surface area contributed by atoms with Gasteiger partial charge in [-0.2, -0.15) is 5.10 Å². The van der Waals surface area contributed by atoms with Crippen molar-refractivity contribution in [3.05, 3.63) is 49.1 Å². The van der Waals surface area contributed by atoms with Crippen molar-refractivity contribution in [2.45, 2.75) is 25.3 Å². The first kappa shape index (κ1) is 21.4. The quantitative estimate of drug-likeness (QED) is 0.617. The molecule has 0 bridgehead atoms. The SMILES string of the molecule is CN(C)C1CCN(c2ccc3cnn(-c4cncc(N5C=CC(CC(=O)O)C5)n4)c3c2)CC1. The molecule has 1 aromatic carbocycles. The van der Waals surface area contributed by atoms with E-state index < -0.39 is 5.97 Å². The molecule has 0 saturated carbocycles. The van der Waals surface area contributed by atoms with Gasteiger partial charge in [-0.15, -0.1) is 0 Å². The van der Waals surface area contributed by atoms with Crippen LogP contribution < -0.4 is 9.80 Å². The molecule has 2 aliphatic rings. The average Bonchev–Trinajstić information content (AvgIpc) is 3.45. The van der Waals surface area contributed by atoms with Gasteiger partial charge in [0.1, 0.15) is 0 Å². The fourth-order valence-electron chi connectivity index (χ4n) is 4.74.